The van der Waals surface area contributed by atoms with Crippen LogP contribution in [0, 0.1) is 0 Å². The lowest BCUT2D eigenvalue weighted by molar-refractivity contribution is -0.126. The molecule has 0 radical (unpaired) electrons. The highest BCUT2D eigenvalue weighted by molar-refractivity contribution is 5.78. The fourth-order valence-corrected chi connectivity index (χ4v) is 1.62. The predicted octanol–water partition coefficient (Wildman–Crippen LogP) is -0.210. The first-order chi connectivity index (χ1) is 4.70. The topological polar surface area (TPSA) is 49.3 Å². The number of hydrogen-bond acceptors (Lipinski definition) is 2. The molecular weight excluding hydrogens is 130 g/mol. The standard InChI is InChI=1S/C7H11NO2/c9-5-3-6(10)8-7(4-5)1-2-7/h5,9H,1-4H2,(H,8,10). The largest absolute Gasteiger partial charge is 0.393 e. The molecule has 10 heavy (non-hydrogen) atoms. The molecule has 2 rings (SSSR count). The first-order valence-electron chi connectivity index (χ1n) is 3.69. The highest BCUT2D eigenvalue weighted by Crippen LogP contribution is 2.42. The molecule has 2 N–H and O–H groups in total. The summed E-state index contributed by atoms with van der Waals surface area (Å²) in [4.78, 5) is 10.9. The molecule has 1 aliphatic heterocycles. The molecule has 2 fully saturated rings. The molecule has 0 bridgehead atoms. The van der Waals surface area contributed by atoms with Gasteiger partial charge in [0.25, 0.3) is 0 Å². The fourth-order valence-electron chi connectivity index (χ4n) is 1.62. The molecule has 2 aliphatic rings. The number of rotatable bonds is 0. The SMILES string of the molecule is O=C1CC(O)CC2(CC2)N1. The Kier molecular flexibility index (Phi) is 1.06. The van der Waals surface area contributed by atoms with Gasteiger partial charge in [-0.2, -0.15) is 0 Å². The molecule has 1 saturated heterocycles. The lowest BCUT2D eigenvalue weighted by Crippen LogP contribution is -2.46. The van der Waals surface area contributed by atoms with Gasteiger partial charge in [0.2, 0.25) is 5.91 Å². The summed E-state index contributed by atoms with van der Waals surface area (Å²) in [5.74, 6) is 0.0104. The number of carbonyl (C=O) groups is 1. The van der Waals surface area contributed by atoms with Gasteiger partial charge in [-0.15, -0.1) is 0 Å². The molecule has 1 heterocycles. The highest BCUT2D eigenvalue weighted by Gasteiger charge is 2.48. The lowest BCUT2D eigenvalue weighted by atomic mass is 10.00. The highest BCUT2D eigenvalue weighted by atomic mass is 16.3. The van der Waals surface area contributed by atoms with Gasteiger partial charge in [0.05, 0.1) is 12.5 Å². The monoisotopic (exact) mass is 141 g/mol. The summed E-state index contributed by atoms with van der Waals surface area (Å²) in [5, 5.41) is 12.1. The van der Waals surface area contributed by atoms with Crippen molar-refractivity contribution in [3.8, 4) is 0 Å². The van der Waals surface area contributed by atoms with Gasteiger partial charge in [0.15, 0.2) is 0 Å². The molecule has 56 valence electrons. The van der Waals surface area contributed by atoms with Crippen molar-refractivity contribution in [2.75, 3.05) is 0 Å². The van der Waals surface area contributed by atoms with E-state index >= 15 is 0 Å². The van der Waals surface area contributed by atoms with Crippen LogP contribution >= 0.6 is 0 Å². The number of hydrogen-bond donors (Lipinski definition) is 2. The number of amides is 1. The van der Waals surface area contributed by atoms with Crippen LogP contribution in [-0.4, -0.2) is 22.7 Å². The van der Waals surface area contributed by atoms with Crippen LogP contribution in [0.2, 0.25) is 0 Å². The Bertz CT molecular complexity index is 174. The number of aliphatic hydroxyl groups excluding tert-OH is 1. The summed E-state index contributed by atoms with van der Waals surface area (Å²) in [5.41, 5.74) is 0.0226. The molecule has 3 nitrogen and oxygen atoms in total. The van der Waals surface area contributed by atoms with E-state index in [-0.39, 0.29) is 11.4 Å². The molecule has 1 saturated carbocycles. The van der Waals surface area contributed by atoms with Crippen LogP contribution in [0.1, 0.15) is 25.7 Å². The van der Waals surface area contributed by atoms with Crippen molar-refractivity contribution in [3.05, 3.63) is 0 Å². The van der Waals surface area contributed by atoms with E-state index < -0.39 is 6.10 Å². The minimum atomic E-state index is -0.392. The zero-order chi connectivity index (χ0) is 7.19. The predicted molar refractivity (Wildman–Crippen MR) is 35.3 cm³/mol. The second-order valence-electron chi connectivity index (χ2n) is 3.39. The Labute approximate surface area is 59.4 Å². The molecule has 0 aromatic heterocycles. The second kappa shape index (κ2) is 1.72. The zero-order valence-electron chi connectivity index (χ0n) is 5.76. The van der Waals surface area contributed by atoms with Crippen molar-refractivity contribution in [1.82, 2.24) is 5.32 Å². The first-order valence-corrected chi connectivity index (χ1v) is 3.69. The van der Waals surface area contributed by atoms with E-state index in [4.69, 9.17) is 0 Å². The molecule has 0 aromatic rings. The summed E-state index contributed by atoms with van der Waals surface area (Å²) in [6, 6.07) is 0. The summed E-state index contributed by atoms with van der Waals surface area (Å²) >= 11 is 0. The van der Waals surface area contributed by atoms with Crippen LogP contribution in [0.4, 0.5) is 0 Å². The van der Waals surface area contributed by atoms with E-state index in [0.29, 0.717) is 6.42 Å². The molecule has 3 heteroatoms. The molecule has 0 aromatic carbocycles. The summed E-state index contributed by atoms with van der Waals surface area (Å²) in [7, 11) is 0. The van der Waals surface area contributed by atoms with Gasteiger partial charge in [-0.1, -0.05) is 0 Å². The summed E-state index contributed by atoms with van der Waals surface area (Å²) in [6.45, 7) is 0. The number of carbonyl (C=O) groups excluding carboxylic acids is 1. The number of aliphatic hydroxyl groups is 1. The maximum absolute atomic E-state index is 10.9. The van der Waals surface area contributed by atoms with Crippen molar-refractivity contribution in [1.29, 1.82) is 0 Å². The summed E-state index contributed by atoms with van der Waals surface area (Å²) < 4.78 is 0. The lowest BCUT2D eigenvalue weighted by Gasteiger charge is -2.26. The van der Waals surface area contributed by atoms with Crippen LogP contribution in [-0.2, 0) is 4.79 Å². The molecule has 1 atom stereocenters. The number of nitrogens with one attached hydrogen (secondary N) is 1. The van der Waals surface area contributed by atoms with Crippen molar-refractivity contribution in [2.24, 2.45) is 0 Å². The fraction of sp³-hybridized carbons (Fsp3) is 0.857. The maximum Gasteiger partial charge on any atom is 0.223 e. The Morgan fingerprint density at radius 2 is 2.30 bits per heavy atom. The van der Waals surface area contributed by atoms with Crippen LogP contribution in [0.5, 0.6) is 0 Å². The van der Waals surface area contributed by atoms with Crippen molar-refractivity contribution in [3.63, 3.8) is 0 Å². The number of piperidine rings is 1. The van der Waals surface area contributed by atoms with E-state index in [0.717, 1.165) is 19.3 Å². The van der Waals surface area contributed by atoms with Crippen LogP contribution < -0.4 is 5.32 Å². The van der Waals surface area contributed by atoms with Gasteiger partial charge in [-0.3, -0.25) is 4.79 Å². The molecule has 1 aliphatic carbocycles. The molecule has 1 amide bonds. The zero-order valence-corrected chi connectivity index (χ0v) is 5.76. The Balaban J connectivity index is 2.07. The molecular formula is C7H11NO2. The van der Waals surface area contributed by atoms with Gasteiger partial charge in [-0.25, -0.2) is 0 Å². The third kappa shape index (κ3) is 0.904. The van der Waals surface area contributed by atoms with E-state index in [1.807, 2.05) is 0 Å². The van der Waals surface area contributed by atoms with Crippen LogP contribution in [0.15, 0.2) is 0 Å². The average molecular weight is 141 g/mol. The maximum atomic E-state index is 10.9. The van der Waals surface area contributed by atoms with E-state index in [9.17, 15) is 9.90 Å². The van der Waals surface area contributed by atoms with Crippen molar-refractivity contribution >= 4 is 5.91 Å². The quantitative estimate of drug-likeness (QED) is 0.490. The van der Waals surface area contributed by atoms with E-state index in [1.54, 1.807) is 0 Å². The third-order valence-corrected chi connectivity index (χ3v) is 2.31. The minimum absolute atomic E-state index is 0.0104. The van der Waals surface area contributed by atoms with Gasteiger partial charge >= 0.3 is 0 Å². The summed E-state index contributed by atoms with van der Waals surface area (Å²) in [6.07, 6.45) is 2.77. The Hall–Kier alpha value is -0.570. The average Bonchev–Trinajstić information content (AvgIpc) is 2.44. The van der Waals surface area contributed by atoms with Gasteiger partial charge in [-0.05, 0) is 19.3 Å². The molecule has 1 unspecified atom stereocenters. The van der Waals surface area contributed by atoms with E-state index in [2.05, 4.69) is 5.32 Å². The van der Waals surface area contributed by atoms with Gasteiger partial charge in [0.1, 0.15) is 0 Å². The van der Waals surface area contributed by atoms with Gasteiger partial charge < -0.3 is 10.4 Å². The second-order valence-corrected chi connectivity index (χ2v) is 3.39. The van der Waals surface area contributed by atoms with E-state index in [1.165, 1.54) is 0 Å². The van der Waals surface area contributed by atoms with Crippen LogP contribution in [0.25, 0.3) is 0 Å². The minimum Gasteiger partial charge on any atom is -0.393 e. The third-order valence-electron chi connectivity index (χ3n) is 2.31. The molecule has 1 spiro atoms. The Morgan fingerprint density at radius 3 is 2.80 bits per heavy atom. The van der Waals surface area contributed by atoms with Crippen molar-refractivity contribution in [2.45, 2.75) is 37.3 Å². The van der Waals surface area contributed by atoms with Crippen LogP contribution in [0.3, 0.4) is 0 Å². The smallest absolute Gasteiger partial charge is 0.223 e. The first kappa shape index (κ1) is 6.16. The Morgan fingerprint density at radius 1 is 1.60 bits per heavy atom. The normalized spacial score (nSPS) is 35.7. The van der Waals surface area contributed by atoms with Crippen molar-refractivity contribution < 1.29 is 9.90 Å². The van der Waals surface area contributed by atoms with Gasteiger partial charge in [0, 0.05) is 5.54 Å².